The van der Waals surface area contributed by atoms with Gasteiger partial charge in [-0.2, -0.15) is 0 Å². The molecule has 1 atom stereocenters. The molecule has 0 aliphatic carbocycles. The molecule has 27 heavy (non-hydrogen) atoms. The summed E-state index contributed by atoms with van der Waals surface area (Å²) in [5, 5.41) is 9.05. The average Bonchev–Trinajstić information content (AvgIpc) is 2.68. The molecule has 1 aromatic carbocycles. The number of aromatic carboxylic acids is 1. The van der Waals surface area contributed by atoms with Crippen molar-refractivity contribution in [1.82, 2.24) is 9.80 Å². The fraction of sp³-hybridized carbons (Fsp3) is 0.636. The molecule has 2 aliphatic heterocycles. The van der Waals surface area contributed by atoms with Crippen LogP contribution < -0.4 is 0 Å². The van der Waals surface area contributed by atoms with Gasteiger partial charge in [0.05, 0.1) is 5.56 Å². The topological polar surface area (TPSA) is 60.9 Å². The zero-order valence-corrected chi connectivity index (χ0v) is 16.6. The lowest BCUT2D eigenvalue weighted by atomic mass is 9.88. The number of hydrogen-bond donors (Lipinski definition) is 1. The van der Waals surface area contributed by atoms with Gasteiger partial charge in [0.15, 0.2) is 0 Å². The van der Waals surface area contributed by atoms with E-state index in [0.717, 1.165) is 57.4 Å². The number of benzene rings is 1. The van der Waals surface area contributed by atoms with E-state index in [-0.39, 0.29) is 0 Å². The van der Waals surface area contributed by atoms with E-state index >= 15 is 0 Å². The molecule has 1 aromatic rings. The highest BCUT2D eigenvalue weighted by Crippen LogP contribution is 2.29. The summed E-state index contributed by atoms with van der Waals surface area (Å²) in [4.78, 5) is 28.4. The van der Waals surface area contributed by atoms with Crippen molar-refractivity contribution < 1.29 is 14.7 Å². The molecule has 0 bridgehead atoms. The molecule has 2 aliphatic rings. The van der Waals surface area contributed by atoms with Gasteiger partial charge in [-0.05, 0) is 76.2 Å². The lowest BCUT2D eigenvalue weighted by Gasteiger charge is -2.37. The fourth-order valence-electron chi connectivity index (χ4n) is 4.42. The monoisotopic (exact) mass is 372 g/mol. The zero-order valence-electron chi connectivity index (χ0n) is 16.6. The lowest BCUT2D eigenvalue weighted by molar-refractivity contribution is -0.133. The van der Waals surface area contributed by atoms with Crippen molar-refractivity contribution in [1.29, 1.82) is 0 Å². The van der Waals surface area contributed by atoms with E-state index in [2.05, 4.69) is 18.7 Å². The van der Waals surface area contributed by atoms with Crippen molar-refractivity contribution in [2.24, 2.45) is 5.92 Å². The molecule has 2 heterocycles. The van der Waals surface area contributed by atoms with Crippen LogP contribution in [0.4, 0.5) is 0 Å². The highest BCUT2D eigenvalue weighted by Gasteiger charge is 2.28. The minimum atomic E-state index is -0.898. The molecule has 5 nitrogen and oxygen atoms in total. The van der Waals surface area contributed by atoms with E-state index < -0.39 is 5.97 Å². The number of carboxylic acids is 1. The van der Waals surface area contributed by atoms with Gasteiger partial charge in [0.1, 0.15) is 0 Å². The van der Waals surface area contributed by atoms with E-state index in [1.54, 1.807) is 12.1 Å². The minimum Gasteiger partial charge on any atom is -0.478 e. The van der Waals surface area contributed by atoms with Crippen molar-refractivity contribution in [3.8, 4) is 0 Å². The zero-order chi connectivity index (χ0) is 19.4. The smallest absolute Gasteiger partial charge is 0.335 e. The molecule has 1 N–H and O–H groups in total. The van der Waals surface area contributed by atoms with Gasteiger partial charge < -0.3 is 14.9 Å². The molecule has 5 heteroatoms. The van der Waals surface area contributed by atoms with Gasteiger partial charge in [-0.25, -0.2) is 4.79 Å². The van der Waals surface area contributed by atoms with Crippen LogP contribution in [0.2, 0.25) is 0 Å². The highest BCUT2D eigenvalue weighted by atomic mass is 16.4. The van der Waals surface area contributed by atoms with Gasteiger partial charge >= 0.3 is 5.97 Å². The Kier molecular flexibility index (Phi) is 6.53. The van der Waals surface area contributed by atoms with Gasteiger partial charge in [-0.1, -0.05) is 12.1 Å². The predicted molar refractivity (Wildman–Crippen MR) is 106 cm³/mol. The van der Waals surface area contributed by atoms with Gasteiger partial charge in [-0.3, -0.25) is 4.79 Å². The van der Waals surface area contributed by atoms with E-state index in [4.69, 9.17) is 5.11 Å². The number of amides is 1. The molecule has 2 saturated heterocycles. The Hall–Kier alpha value is -1.88. The number of nitrogens with zero attached hydrogens (tertiary/aromatic N) is 2. The normalized spacial score (nSPS) is 22.2. The summed E-state index contributed by atoms with van der Waals surface area (Å²) in [6.45, 7) is 8.30. The number of piperidine rings is 2. The first-order valence-electron chi connectivity index (χ1n) is 10.3. The van der Waals surface area contributed by atoms with Crippen LogP contribution in [-0.4, -0.2) is 59.0 Å². The number of hydrogen-bond acceptors (Lipinski definition) is 3. The first kappa shape index (κ1) is 19.9. The first-order chi connectivity index (χ1) is 12.9. The predicted octanol–water partition coefficient (Wildman–Crippen LogP) is 3.60. The third-order valence-corrected chi connectivity index (χ3v) is 6.25. The van der Waals surface area contributed by atoms with Crippen LogP contribution in [0.15, 0.2) is 24.3 Å². The van der Waals surface area contributed by atoms with E-state index in [1.165, 1.54) is 0 Å². The third-order valence-electron chi connectivity index (χ3n) is 6.25. The molecule has 0 radical (unpaired) electrons. The molecule has 0 saturated carbocycles. The minimum absolute atomic E-state index is 0.296. The lowest BCUT2D eigenvalue weighted by Crippen LogP contribution is -2.42. The van der Waals surface area contributed by atoms with Crippen molar-refractivity contribution in [2.75, 3.05) is 26.2 Å². The van der Waals surface area contributed by atoms with Crippen LogP contribution in [0, 0.1) is 5.92 Å². The summed E-state index contributed by atoms with van der Waals surface area (Å²) in [6, 6.07) is 7.74. The molecule has 2 fully saturated rings. The Morgan fingerprint density at radius 1 is 1.07 bits per heavy atom. The summed E-state index contributed by atoms with van der Waals surface area (Å²) in [5.41, 5.74) is 1.46. The molecular formula is C22H32N2O3. The SMILES string of the molecule is CC(C)N1CCC(CC(=O)N2CCC[C@@H](c3ccc(C(=O)O)cc3)C2)CC1. The summed E-state index contributed by atoms with van der Waals surface area (Å²) in [5.74, 6) is 0.228. The highest BCUT2D eigenvalue weighted by molar-refractivity contribution is 5.87. The fourth-order valence-corrected chi connectivity index (χ4v) is 4.42. The molecule has 148 valence electrons. The summed E-state index contributed by atoms with van der Waals surface area (Å²) in [6.07, 6.45) is 5.00. The van der Waals surface area contributed by atoms with E-state index in [9.17, 15) is 9.59 Å². The van der Waals surface area contributed by atoms with Crippen molar-refractivity contribution in [3.63, 3.8) is 0 Å². The number of carboxylic acid groups (broad SMARTS) is 1. The van der Waals surface area contributed by atoms with Crippen LogP contribution in [0.3, 0.4) is 0 Å². The Morgan fingerprint density at radius 3 is 2.33 bits per heavy atom. The van der Waals surface area contributed by atoms with E-state index in [0.29, 0.717) is 35.8 Å². The number of carbonyl (C=O) groups is 2. The standard InChI is InChI=1S/C22H32N2O3/c1-16(2)23-12-9-17(10-13-23)14-21(25)24-11-3-4-20(15-24)18-5-7-19(8-6-18)22(26)27/h5-8,16-17,20H,3-4,9-15H2,1-2H3,(H,26,27)/t20-/m1/s1. The maximum Gasteiger partial charge on any atom is 0.335 e. The summed E-state index contributed by atoms with van der Waals surface area (Å²) < 4.78 is 0. The van der Waals surface area contributed by atoms with Gasteiger partial charge in [-0.15, -0.1) is 0 Å². The largest absolute Gasteiger partial charge is 0.478 e. The summed E-state index contributed by atoms with van der Waals surface area (Å²) >= 11 is 0. The first-order valence-corrected chi connectivity index (χ1v) is 10.3. The molecular weight excluding hydrogens is 340 g/mol. The van der Waals surface area contributed by atoms with Crippen LogP contribution in [0.1, 0.15) is 67.8 Å². The van der Waals surface area contributed by atoms with Gasteiger partial charge in [0, 0.05) is 31.5 Å². The second kappa shape index (κ2) is 8.87. The Labute approximate surface area is 162 Å². The maximum absolute atomic E-state index is 12.8. The second-order valence-electron chi connectivity index (χ2n) is 8.38. The van der Waals surface area contributed by atoms with Gasteiger partial charge in [0.2, 0.25) is 5.91 Å². The number of likely N-dealkylation sites (tertiary alicyclic amines) is 2. The molecule has 1 amide bonds. The molecule has 0 unspecified atom stereocenters. The van der Waals surface area contributed by atoms with Crippen LogP contribution in [0.5, 0.6) is 0 Å². The number of rotatable bonds is 5. The Balaban J connectivity index is 1.53. The maximum atomic E-state index is 12.8. The molecule has 0 aromatic heterocycles. The van der Waals surface area contributed by atoms with Crippen LogP contribution >= 0.6 is 0 Å². The molecule has 0 spiro atoms. The van der Waals surface area contributed by atoms with E-state index in [1.807, 2.05) is 17.0 Å². The van der Waals surface area contributed by atoms with Gasteiger partial charge in [0.25, 0.3) is 0 Å². The van der Waals surface area contributed by atoms with Crippen molar-refractivity contribution >= 4 is 11.9 Å². The quantitative estimate of drug-likeness (QED) is 0.858. The average molecular weight is 373 g/mol. The second-order valence-corrected chi connectivity index (χ2v) is 8.38. The number of carbonyl (C=O) groups excluding carboxylic acids is 1. The molecule has 3 rings (SSSR count). The van der Waals surface area contributed by atoms with Crippen LogP contribution in [0.25, 0.3) is 0 Å². The van der Waals surface area contributed by atoms with Crippen molar-refractivity contribution in [2.45, 2.75) is 57.9 Å². The van der Waals surface area contributed by atoms with Crippen LogP contribution in [-0.2, 0) is 4.79 Å². The Bertz CT molecular complexity index is 648. The van der Waals surface area contributed by atoms with Crippen molar-refractivity contribution in [3.05, 3.63) is 35.4 Å². The Morgan fingerprint density at radius 2 is 1.74 bits per heavy atom. The summed E-state index contributed by atoms with van der Waals surface area (Å²) in [7, 11) is 0. The third kappa shape index (κ3) is 5.10.